The molecule has 0 aliphatic heterocycles. The summed E-state index contributed by atoms with van der Waals surface area (Å²) in [6, 6.07) is 0. The molecular weight excluding hydrogens is 985 g/mol. The van der Waals surface area contributed by atoms with Gasteiger partial charge in [-0.1, -0.05) is 276 Å². The number of hydrogen-bond acceptors (Lipinski definition) is 6. The van der Waals surface area contributed by atoms with Crippen molar-refractivity contribution in [3.63, 3.8) is 0 Å². The molecular formula is C74H122O6. The minimum Gasteiger partial charge on any atom is -0.462 e. The highest BCUT2D eigenvalue weighted by molar-refractivity contribution is 5.71. The molecule has 0 aromatic rings. The Bertz CT molecular complexity index is 1700. The molecule has 0 saturated heterocycles. The Morgan fingerprint density at radius 3 is 0.812 bits per heavy atom. The third kappa shape index (κ3) is 64.4. The fourth-order valence-electron chi connectivity index (χ4n) is 8.88. The van der Waals surface area contributed by atoms with Crippen molar-refractivity contribution < 1.29 is 28.6 Å². The highest BCUT2D eigenvalue weighted by Crippen LogP contribution is 2.15. The summed E-state index contributed by atoms with van der Waals surface area (Å²) < 4.78 is 16.9. The number of hydrogen-bond donors (Lipinski definition) is 0. The van der Waals surface area contributed by atoms with Crippen LogP contribution in [0.25, 0.3) is 0 Å². The average Bonchev–Trinajstić information content (AvgIpc) is 3.46. The molecule has 6 heteroatoms. The van der Waals surface area contributed by atoms with E-state index in [1.165, 1.54) is 116 Å². The summed E-state index contributed by atoms with van der Waals surface area (Å²) in [4.78, 5) is 38.3. The third-order valence-electron chi connectivity index (χ3n) is 13.9. The molecule has 454 valence electrons. The number of carbonyl (C=O) groups is 3. The lowest BCUT2D eigenvalue weighted by molar-refractivity contribution is -0.167. The molecule has 80 heavy (non-hydrogen) atoms. The summed E-state index contributed by atoms with van der Waals surface area (Å²) >= 11 is 0. The molecule has 0 rings (SSSR count). The molecule has 0 radical (unpaired) electrons. The maximum absolute atomic E-state index is 12.9. The number of carbonyl (C=O) groups excluding carboxylic acids is 3. The molecule has 0 N–H and O–H groups in total. The van der Waals surface area contributed by atoms with Crippen LogP contribution in [-0.4, -0.2) is 37.2 Å². The van der Waals surface area contributed by atoms with Gasteiger partial charge >= 0.3 is 17.9 Å². The Balaban J connectivity index is 4.27. The van der Waals surface area contributed by atoms with Crippen molar-refractivity contribution in [2.45, 2.75) is 303 Å². The van der Waals surface area contributed by atoms with Crippen molar-refractivity contribution in [2.24, 2.45) is 0 Å². The Labute approximate surface area is 494 Å². The predicted molar refractivity (Wildman–Crippen MR) is 348 cm³/mol. The number of rotatable bonds is 59. The maximum Gasteiger partial charge on any atom is 0.306 e. The topological polar surface area (TPSA) is 78.9 Å². The predicted octanol–water partition coefficient (Wildman–Crippen LogP) is 22.9. The number of allylic oxidation sites excluding steroid dienone is 22. The summed E-state index contributed by atoms with van der Waals surface area (Å²) in [6.45, 7) is 6.46. The zero-order chi connectivity index (χ0) is 57.8. The Morgan fingerprint density at radius 2 is 0.500 bits per heavy atom. The van der Waals surface area contributed by atoms with Gasteiger partial charge in [0.25, 0.3) is 0 Å². The van der Waals surface area contributed by atoms with Gasteiger partial charge in [-0.2, -0.15) is 0 Å². The van der Waals surface area contributed by atoms with Crippen LogP contribution in [0.4, 0.5) is 0 Å². The molecule has 1 atom stereocenters. The van der Waals surface area contributed by atoms with Gasteiger partial charge in [0.2, 0.25) is 0 Å². The minimum atomic E-state index is -0.793. The molecule has 6 nitrogen and oxygen atoms in total. The molecule has 1 unspecified atom stereocenters. The van der Waals surface area contributed by atoms with Crippen LogP contribution >= 0.6 is 0 Å². The van der Waals surface area contributed by atoms with E-state index in [1.54, 1.807) is 0 Å². The summed E-state index contributed by atoms with van der Waals surface area (Å²) in [5.74, 6) is -0.913. The first-order valence-electron chi connectivity index (χ1n) is 33.2. The van der Waals surface area contributed by atoms with Gasteiger partial charge in [0.15, 0.2) is 6.10 Å². The maximum atomic E-state index is 12.9. The van der Waals surface area contributed by atoms with Crippen LogP contribution < -0.4 is 0 Å². The summed E-state index contributed by atoms with van der Waals surface area (Å²) in [7, 11) is 0. The molecule has 0 aliphatic carbocycles. The number of esters is 3. The Hall–Kier alpha value is -4.45. The van der Waals surface area contributed by atoms with E-state index in [1.807, 2.05) is 0 Å². The quantitative estimate of drug-likeness (QED) is 0.0261. The van der Waals surface area contributed by atoms with Crippen molar-refractivity contribution in [1.82, 2.24) is 0 Å². The van der Waals surface area contributed by atoms with Gasteiger partial charge in [-0.3, -0.25) is 14.4 Å². The highest BCUT2D eigenvalue weighted by Gasteiger charge is 2.19. The fourth-order valence-corrected chi connectivity index (χ4v) is 8.88. The molecule has 0 aliphatic rings. The molecule has 0 heterocycles. The molecule has 0 fully saturated rings. The van der Waals surface area contributed by atoms with Crippen LogP contribution in [0.1, 0.15) is 297 Å². The van der Waals surface area contributed by atoms with Crippen LogP contribution in [0.3, 0.4) is 0 Å². The Morgan fingerprint density at radius 1 is 0.263 bits per heavy atom. The van der Waals surface area contributed by atoms with E-state index in [0.29, 0.717) is 19.3 Å². The monoisotopic (exact) mass is 1110 g/mol. The second-order valence-corrected chi connectivity index (χ2v) is 21.6. The summed E-state index contributed by atoms with van der Waals surface area (Å²) in [6.07, 6.45) is 94.6. The van der Waals surface area contributed by atoms with Crippen LogP contribution in [0.15, 0.2) is 134 Å². The SMILES string of the molecule is CC/C=C\C/C=C\C/C=C\C/C=C\C/C=C\C/C=C\C/C=C\C/C=C\CCCCCCCCCCC(=O)OCC(COC(=O)CCCCCCC/C=C\CCCC)OC(=O)CCCCCCCCC/C=C\C/C=C\CCCCCC. The van der Waals surface area contributed by atoms with Gasteiger partial charge in [0, 0.05) is 19.3 Å². The number of unbranched alkanes of at least 4 members (excludes halogenated alkanes) is 26. The van der Waals surface area contributed by atoms with Gasteiger partial charge in [-0.15, -0.1) is 0 Å². The lowest BCUT2D eigenvalue weighted by Gasteiger charge is -2.18. The van der Waals surface area contributed by atoms with Crippen LogP contribution in [0.5, 0.6) is 0 Å². The van der Waals surface area contributed by atoms with Crippen molar-refractivity contribution in [1.29, 1.82) is 0 Å². The first-order chi connectivity index (χ1) is 39.5. The van der Waals surface area contributed by atoms with Crippen molar-refractivity contribution in [3.8, 4) is 0 Å². The van der Waals surface area contributed by atoms with Crippen molar-refractivity contribution in [2.75, 3.05) is 13.2 Å². The van der Waals surface area contributed by atoms with Gasteiger partial charge in [0.05, 0.1) is 0 Å². The normalized spacial score (nSPS) is 13.0. The lowest BCUT2D eigenvalue weighted by Crippen LogP contribution is -2.30. The second kappa shape index (κ2) is 67.1. The minimum absolute atomic E-state index is 0.0901. The smallest absolute Gasteiger partial charge is 0.306 e. The molecule has 0 amide bonds. The first kappa shape index (κ1) is 75.5. The third-order valence-corrected chi connectivity index (χ3v) is 13.9. The largest absolute Gasteiger partial charge is 0.462 e. The number of ether oxygens (including phenoxy) is 3. The molecule has 0 aromatic heterocycles. The van der Waals surface area contributed by atoms with Gasteiger partial charge < -0.3 is 14.2 Å². The van der Waals surface area contributed by atoms with Crippen LogP contribution in [0.2, 0.25) is 0 Å². The van der Waals surface area contributed by atoms with E-state index in [-0.39, 0.29) is 31.1 Å². The van der Waals surface area contributed by atoms with E-state index in [4.69, 9.17) is 14.2 Å². The fraction of sp³-hybridized carbons (Fsp3) is 0.662. The molecule has 0 bridgehead atoms. The van der Waals surface area contributed by atoms with Crippen molar-refractivity contribution in [3.05, 3.63) is 134 Å². The van der Waals surface area contributed by atoms with E-state index in [9.17, 15) is 14.4 Å². The highest BCUT2D eigenvalue weighted by atomic mass is 16.6. The molecule has 0 saturated carbocycles. The zero-order valence-electron chi connectivity index (χ0n) is 52.0. The first-order valence-corrected chi connectivity index (χ1v) is 33.2. The second-order valence-electron chi connectivity index (χ2n) is 21.6. The molecule has 0 aromatic carbocycles. The van der Waals surface area contributed by atoms with E-state index in [2.05, 4.69) is 154 Å². The van der Waals surface area contributed by atoms with Gasteiger partial charge in [-0.25, -0.2) is 0 Å². The van der Waals surface area contributed by atoms with Crippen molar-refractivity contribution >= 4 is 17.9 Å². The van der Waals surface area contributed by atoms with E-state index in [0.717, 1.165) is 141 Å². The van der Waals surface area contributed by atoms with Gasteiger partial charge in [0.1, 0.15) is 13.2 Å². The standard InChI is InChI=1S/C74H122O6/c1-4-7-10-13-16-19-22-24-26-28-30-31-32-33-34-35-36-37-38-39-40-41-42-43-44-46-47-49-52-55-58-61-64-67-73(76)79-70-71(69-78-72(75)66-63-60-57-54-51-21-18-15-12-9-6-3)80-74(77)68-65-62-59-56-53-50-48-45-29-27-25-23-20-17-14-11-8-5-2/h7,10,15-16,18-20,23-24,26-27,29-31,33-34,36-37,39-40,42-43,71H,4-6,8-9,11-14,17,21-22,25,28,32,35,38,41,44-70H2,1-3H3/b10-7-,18-15-,19-16-,23-20-,26-24-,29-27-,31-30-,34-33-,37-36-,40-39-,43-42-. The zero-order valence-corrected chi connectivity index (χ0v) is 52.0. The van der Waals surface area contributed by atoms with E-state index >= 15 is 0 Å². The lowest BCUT2D eigenvalue weighted by atomic mass is 10.1. The van der Waals surface area contributed by atoms with Crippen LogP contribution in [0, 0.1) is 0 Å². The summed E-state index contributed by atoms with van der Waals surface area (Å²) in [5.41, 5.74) is 0. The summed E-state index contributed by atoms with van der Waals surface area (Å²) in [5, 5.41) is 0. The van der Waals surface area contributed by atoms with Gasteiger partial charge in [-0.05, 0) is 135 Å². The van der Waals surface area contributed by atoms with Crippen LogP contribution in [-0.2, 0) is 28.6 Å². The molecule has 0 spiro atoms. The van der Waals surface area contributed by atoms with E-state index < -0.39 is 6.10 Å². The average molecular weight is 1110 g/mol. The Kier molecular flexibility index (Phi) is 63.3.